The van der Waals surface area contributed by atoms with Crippen LogP contribution in [0.3, 0.4) is 0 Å². The summed E-state index contributed by atoms with van der Waals surface area (Å²) >= 11 is 0. The highest BCUT2D eigenvalue weighted by Gasteiger charge is 2.36. The molecule has 0 bridgehead atoms. The van der Waals surface area contributed by atoms with Gasteiger partial charge in [0.05, 0.1) is 6.21 Å². The smallest absolute Gasteiger partial charge is 0.236 e. The maximum atomic E-state index is 11.0. The van der Waals surface area contributed by atoms with E-state index < -0.39 is 0 Å². The number of hydrogen-bond donors (Lipinski definition) is 1. The second kappa shape index (κ2) is 6.73. The summed E-state index contributed by atoms with van der Waals surface area (Å²) in [6.07, 6.45) is 4.03. The standard InChI is InChI=1S/C19H29N3O/c1-7-8-22-18-9-13(2)16(12-20-21-15(4)23)10-17(18)14(3)11-19(22,5)6/h9-10,12,14H,7-8,11H2,1-6H3,(H,21,23)/b20-12-. The number of aryl methyl sites for hydroxylation is 1. The zero-order chi connectivity index (χ0) is 17.2. The molecule has 1 aromatic rings. The van der Waals surface area contributed by atoms with E-state index in [0.717, 1.165) is 24.9 Å². The Morgan fingerprint density at radius 3 is 2.78 bits per heavy atom. The van der Waals surface area contributed by atoms with E-state index in [-0.39, 0.29) is 11.4 Å². The van der Waals surface area contributed by atoms with Crippen LogP contribution in [0.5, 0.6) is 0 Å². The molecule has 1 heterocycles. The van der Waals surface area contributed by atoms with E-state index in [4.69, 9.17) is 0 Å². The summed E-state index contributed by atoms with van der Waals surface area (Å²) in [7, 11) is 0. The highest BCUT2D eigenvalue weighted by molar-refractivity contribution is 5.85. The van der Waals surface area contributed by atoms with Crippen molar-refractivity contribution in [3.05, 3.63) is 28.8 Å². The van der Waals surface area contributed by atoms with Gasteiger partial charge in [-0.05, 0) is 68.4 Å². The predicted molar refractivity (Wildman–Crippen MR) is 97.3 cm³/mol. The second-order valence-corrected chi connectivity index (χ2v) is 7.26. The van der Waals surface area contributed by atoms with Gasteiger partial charge in [0.25, 0.3) is 0 Å². The molecule has 0 spiro atoms. The number of hydrogen-bond acceptors (Lipinski definition) is 3. The second-order valence-electron chi connectivity index (χ2n) is 7.26. The first kappa shape index (κ1) is 17.5. The predicted octanol–water partition coefficient (Wildman–Crippen LogP) is 3.97. The molecule has 1 aliphatic heterocycles. The molecular weight excluding hydrogens is 286 g/mol. The van der Waals surface area contributed by atoms with E-state index in [1.54, 1.807) is 6.21 Å². The van der Waals surface area contributed by atoms with Crippen molar-refractivity contribution >= 4 is 17.8 Å². The number of nitrogens with one attached hydrogen (secondary N) is 1. The largest absolute Gasteiger partial charge is 0.366 e. The van der Waals surface area contributed by atoms with Crippen molar-refractivity contribution in [2.45, 2.75) is 65.8 Å². The maximum Gasteiger partial charge on any atom is 0.236 e. The zero-order valence-electron chi connectivity index (χ0n) is 15.2. The van der Waals surface area contributed by atoms with Crippen molar-refractivity contribution in [3.63, 3.8) is 0 Å². The molecule has 0 saturated carbocycles. The highest BCUT2D eigenvalue weighted by Crippen LogP contribution is 2.44. The highest BCUT2D eigenvalue weighted by atomic mass is 16.2. The monoisotopic (exact) mass is 315 g/mol. The Morgan fingerprint density at radius 2 is 2.17 bits per heavy atom. The summed E-state index contributed by atoms with van der Waals surface area (Å²) in [4.78, 5) is 13.5. The quantitative estimate of drug-likeness (QED) is 0.675. The summed E-state index contributed by atoms with van der Waals surface area (Å²) in [5, 5.41) is 4.02. The molecule has 1 aliphatic rings. The van der Waals surface area contributed by atoms with Crippen LogP contribution in [-0.2, 0) is 4.79 Å². The minimum absolute atomic E-state index is 0.152. The fraction of sp³-hybridized carbons (Fsp3) is 0.579. The van der Waals surface area contributed by atoms with Crippen LogP contribution in [0.4, 0.5) is 5.69 Å². The van der Waals surface area contributed by atoms with Crippen molar-refractivity contribution in [3.8, 4) is 0 Å². The molecule has 1 N–H and O–H groups in total. The molecule has 23 heavy (non-hydrogen) atoms. The van der Waals surface area contributed by atoms with Gasteiger partial charge in [0.2, 0.25) is 5.91 Å². The van der Waals surface area contributed by atoms with Crippen molar-refractivity contribution in [1.29, 1.82) is 0 Å². The number of hydrazone groups is 1. The molecule has 0 aliphatic carbocycles. The number of rotatable bonds is 4. The van der Waals surface area contributed by atoms with E-state index in [0.29, 0.717) is 5.92 Å². The Labute approximate surface area is 140 Å². The number of benzene rings is 1. The van der Waals surface area contributed by atoms with Gasteiger partial charge in [-0.15, -0.1) is 0 Å². The van der Waals surface area contributed by atoms with Crippen LogP contribution < -0.4 is 10.3 Å². The van der Waals surface area contributed by atoms with Crippen LogP contribution in [0.25, 0.3) is 0 Å². The molecule has 4 heteroatoms. The third-order valence-electron chi connectivity index (χ3n) is 4.65. The Balaban J connectivity index is 2.44. The molecule has 4 nitrogen and oxygen atoms in total. The van der Waals surface area contributed by atoms with Crippen LogP contribution in [0.2, 0.25) is 0 Å². The van der Waals surface area contributed by atoms with Gasteiger partial charge in [-0.3, -0.25) is 4.79 Å². The lowest BCUT2D eigenvalue weighted by Crippen LogP contribution is -2.48. The third-order valence-corrected chi connectivity index (χ3v) is 4.65. The van der Waals surface area contributed by atoms with Gasteiger partial charge in [0.1, 0.15) is 0 Å². The van der Waals surface area contributed by atoms with Gasteiger partial charge in [-0.1, -0.05) is 13.8 Å². The van der Waals surface area contributed by atoms with Gasteiger partial charge in [-0.25, -0.2) is 5.43 Å². The molecule has 1 unspecified atom stereocenters. The maximum absolute atomic E-state index is 11.0. The first-order valence-corrected chi connectivity index (χ1v) is 8.48. The van der Waals surface area contributed by atoms with Crippen LogP contribution in [0, 0.1) is 6.92 Å². The fourth-order valence-corrected chi connectivity index (χ4v) is 3.63. The summed E-state index contributed by atoms with van der Waals surface area (Å²) in [6, 6.07) is 4.51. The lowest BCUT2D eigenvalue weighted by molar-refractivity contribution is -0.118. The van der Waals surface area contributed by atoms with Gasteiger partial charge in [-0.2, -0.15) is 5.10 Å². The minimum Gasteiger partial charge on any atom is -0.366 e. The van der Waals surface area contributed by atoms with Gasteiger partial charge >= 0.3 is 0 Å². The molecular formula is C19H29N3O. The minimum atomic E-state index is -0.152. The van der Waals surface area contributed by atoms with E-state index >= 15 is 0 Å². The van der Waals surface area contributed by atoms with E-state index in [9.17, 15) is 4.79 Å². The average molecular weight is 315 g/mol. The first-order valence-electron chi connectivity index (χ1n) is 8.48. The Bertz CT molecular complexity index is 619. The average Bonchev–Trinajstić information content (AvgIpc) is 2.43. The number of anilines is 1. The molecule has 0 radical (unpaired) electrons. The SMILES string of the molecule is CCCN1c2cc(C)c(/C=N\NC(C)=O)cc2C(C)CC1(C)C. The van der Waals surface area contributed by atoms with Crippen molar-refractivity contribution in [2.24, 2.45) is 5.10 Å². The van der Waals surface area contributed by atoms with E-state index in [1.165, 1.54) is 23.7 Å². The van der Waals surface area contributed by atoms with Gasteiger partial charge in [0.15, 0.2) is 0 Å². The number of carbonyl (C=O) groups excluding carboxylic acids is 1. The fourth-order valence-electron chi connectivity index (χ4n) is 3.63. The Hall–Kier alpha value is -1.84. The van der Waals surface area contributed by atoms with Crippen LogP contribution >= 0.6 is 0 Å². The number of carbonyl (C=O) groups is 1. The number of amides is 1. The summed E-state index contributed by atoms with van der Waals surface area (Å²) in [5.41, 5.74) is 7.64. The number of fused-ring (bicyclic) bond motifs is 1. The van der Waals surface area contributed by atoms with Crippen molar-refractivity contribution < 1.29 is 4.79 Å². The molecule has 0 saturated heterocycles. The lowest BCUT2D eigenvalue weighted by Gasteiger charge is -2.48. The van der Waals surface area contributed by atoms with Crippen LogP contribution in [0.15, 0.2) is 17.2 Å². The van der Waals surface area contributed by atoms with Crippen molar-refractivity contribution in [1.82, 2.24) is 5.43 Å². The Kier molecular flexibility index (Phi) is 5.12. The van der Waals surface area contributed by atoms with Crippen LogP contribution in [0.1, 0.15) is 70.1 Å². The Morgan fingerprint density at radius 1 is 1.48 bits per heavy atom. The topological polar surface area (TPSA) is 44.7 Å². The summed E-state index contributed by atoms with van der Waals surface area (Å²) in [5.74, 6) is 0.364. The molecule has 0 fully saturated rings. The molecule has 0 aromatic heterocycles. The zero-order valence-corrected chi connectivity index (χ0v) is 15.2. The summed E-state index contributed by atoms with van der Waals surface area (Å²) in [6.45, 7) is 13.8. The van der Waals surface area contributed by atoms with Crippen LogP contribution in [-0.4, -0.2) is 24.2 Å². The van der Waals surface area contributed by atoms with Gasteiger partial charge < -0.3 is 4.90 Å². The summed E-state index contributed by atoms with van der Waals surface area (Å²) < 4.78 is 0. The lowest BCUT2D eigenvalue weighted by atomic mass is 9.79. The molecule has 1 aromatic carbocycles. The molecule has 1 atom stereocenters. The molecule has 126 valence electrons. The molecule has 2 rings (SSSR count). The van der Waals surface area contributed by atoms with E-state index in [2.05, 4.69) is 62.2 Å². The molecule has 1 amide bonds. The first-order chi connectivity index (χ1) is 10.8. The third kappa shape index (κ3) is 3.74. The normalized spacial score (nSPS) is 19.7. The number of nitrogens with zero attached hydrogens (tertiary/aromatic N) is 2. The van der Waals surface area contributed by atoms with E-state index in [1.807, 2.05) is 0 Å². The van der Waals surface area contributed by atoms with Gasteiger partial charge in [0, 0.05) is 24.7 Å². The van der Waals surface area contributed by atoms with Crippen molar-refractivity contribution in [2.75, 3.05) is 11.4 Å².